The molecule has 0 atom stereocenters. The number of hydrogen-bond donors (Lipinski definition) is 1. The molecule has 2 aromatic rings. The van der Waals surface area contributed by atoms with Crippen LogP contribution in [-0.2, 0) is 11.2 Å². The van der Waals surface area contributed by atoms with Gasteiger partial charge in [0, 0.05) is 22.5 Å². The Kier molecular flexibility index (Phi) is 4.35. The molecule has 19 heavy (non-hydrogen) atoms. The number of halogens is 3. The number of carbonyl (C=O) groups is 1. The Morgan fingerprint density at radius 1 is 1.32 bits per heavy atom. The third kappa shape index (κ3) is 3.66. The van der Waals surface area contributed by atoms with Crippen molar-refractivity contribution in [1.29, 1.82) is 0 Å². The summed E-state index contributed by atoms with van der Waals surface area (Å²) in [5, 5.41) is 3.09. The van der Waals surface area contributed by atoms with Gasteiger partial charge in [0.25, 0.3) is 0 Å². The number of pyridine rings is 1. The Labute approximate surface area is 119 Å². The first-order chi connectivity index (χ1) is 9.06. The van der Waals surface area contributed by atoms with Crippen LogP contribution in [0.2, 0.25) is 10.2 Å². The topological polar surface area (TPSA) is 42.0 Å². The van der Waals surface area contributed by atoms with Gasteiger partial charge in [-0.25, -0.2) is 9.37 Å². The lowest BCUT2D eigenvalue weighted by molar-refractivity contribution is -0.115. The van der Waals surface area contributed by atoms with E-state index in [4.69, 9.17) is 23.2 Å². The highest BCUT2D eigenvalue weighted by Crippen LogP contribution is 2.20. The zero-order valence-corrected chi connectivity index (χ0v) is 11.2. The van der Waals surface area contributed by atoms with E-state index < -0.39 is 5.82 Å². The summed E-state index contributed by atoms with van der Waals surface area (Å²) in [4.78, 5) is 15.6. The predicted octanol–water partition coefficient (Wildman–Crippen LogP) is 3.71. The summed E-state index contributed by atoms with van der Waals surface area (Å²) >= 11 is 11.5. The van der Waals surface area contributed by atoms with Crippen LogP contribution >= 0.6 is 23.2 Å². The fourth-order valence-electron chi connectivity index (χ4n) is 1.55. The maximum atomic E-state index is 13.5. The third-order valence-corrected chi connectivity index (χ3v) is 2.97. The predicted molar refractivity (Wildman–Crippen MR) is 73.0 cm³/mol. The fraction of sp³-hybridized carbons (Fsp3) is 0.0769. The quantitative estimate of drug-likeness (QED) is 0.878. The fourth-order valence-corrected chi connectivity index (χ4v) is 1.95. The SMILES string of the molecule is O=C(Cc1c(F)cccc1Cl)Nc1ccnc(Cl)c1. The van der Waals surface area contributed by atoms with E-state index in [9.17, 15) is 9.18 Å². The summed E-state index contributed by atoms with van der Waals surface area (Å²) in [6.45, 7) is 0. The molecule has 1 aromatic heterocycles. The molecule has 1 amide bonds. The molecule has 98 valence electrons. The molecule has 0 fully saturated rings. The number of carbonyl (C=O) groups excluding carboxylic acids is 1. The molecule has 0 aliphatic heterocycles. The van der Waals surface area contributed by atoms with Gasteiger partial charge < -0.3 is 5.32 Å². The second-order valence-corrected chi connectivity index (χ2v) is 4.59. The third-order valence-electron chi connectivity index (χ3n) is 2.41. The lowest BCUT2D eigenvalue weighted by Gasteiger charge is -2.07. The largest absolute Gasteiger partial charge is 0.326 e. The van der Waals surface area contributed by atoms with Crippen molar-refractivity contribution in [3.63, 3.8) is 0 Å². The van der Waals surface area contributed by atoms with Crippen LogP contribution in [0.15, 0.2) is 36.5 Å². The highest BCUT2D eigenvalue weighted by molar-refractivity contribution is 6.31. The van der Waals surface area contributed by atoms with Crippen LogP contribution in [0.1, 0.15) is 5.56 Å². The molecular weight excluding hydrogens is 290 g/mol. The molecule has 0 saturated heterocycles. The molecule has 1 aromatic carbocycles. The van der Waals surface area contributed by atoms with Crippen LogP contribution in [0.3, 0.4) is 0 Å². The summed E-state index contributed by atoms with van der Waals surface area (Å²) in [6, 6.07) is 7.38. The first-order valence-corrected chi connectivity index (χ1v) is 6.16. The van der Waals surface area contributed by atoms with Crippen molar-refractivity contribution in [1.82, 2.24) is 4.98 Å². The van der Waals surface area contributed by atoms with Gasteiger partial charge in [0.15, 0.2) is 0 Å². The molecule has 1 heterocycles. The number of amides is 1. The van der Waals surface area contributed by atoms with Crippen LogP contribution in [-0.4, -0.2) is 10.9 Å². The molecule has 3 nitrogen and oxygen atoms in total. The highest BCUT2D eigenvalue weighted by Gasteiger charge is 2.12. The van der Waals surface area contributed by atoms with Gasteiger partial charge in [-0.1, -0.05) is 29.3 Å². The van der Waals surface area contributed by atoms with Crippen LogP contribution in [0.25, 0.3) is 0 Å². The van der Waals surface area contributed by atoms with Crippen LogP contribution in [0.4, 0.5) is 10.1 Å². The number of anilines is 1. The van der Waals surface area contributed by atoms with Gasteiger partial charge >= 0.3 is 0 Å². The summed E-state index contributed by atoms with van der Waals surface area (Å²) in [5.74, 6) is -0.885. The number of aromatic nitrogens is 1. The van der Waals surface area contributed by atoms with Gasteiger partial charge in [-0.15, -0.1) is 0 Å². The maximum absolute atomic E-state index is 13.5. The molecule has 0 aliphatic rings. The van der Waals surface area contributed by atoms with E-state index in [1.165, 1.54) is 30.5 Å². The van der Waals surface area contributed by atoms with Crippen molar-refractivity contribution in [2.45, 2.75) is 6.42 Å². The van der Waals surface area contributed by atoms with Gasteiger partial charge in [0.05, 0.1) is 6.42 Å². The summed E-state index contributed by atoms with van der Waals surface area (Å²) in [6.07, 6.45) is 1.32. The van der Waals surface area contributed by atoms with E-state index in [1.807, 2.05) is 0 Å². The monoisotopic (exact) mass is 298 g/mol. The van der Waals surface area contributed by atoms with Gasteiger partial charge in [0.1, 0.15) is 11.0 Å². The number of benzene rings is 1. The highest BCUT2D eigenvalue weighted by atomic mass is 35.5. The molecule has 6 heteroatoms. The average Bonchev–Trinajstić information content (AvgIpc) is 2.34. The normalized spacial score (nSPS) is 10.3. The van der Waals surface area contributed by atoms with E-state index in [1.54, 1.807) is 6.07 Å². The van der Waals surface area contributed by atoms with Crippen LogP contribution in [0, 0.1) is 5.82 Å². The molecule has 2 rings (SSSR count). The van der Waals surface area contributed by atoms with Crippen molar-refractivity contribution >= 4 is 34.8 Å². The van der Waals surface area contributed by atoms with Crippen molar-refractivity contribution < 1.29 is 9.18 Å². The number of nitrogens with one attached hydrogen (secondary N) is 1. The van der Waals surface area contributed by atoms with Crippen molar-refractivity contribution in [3.05, 3.63) is 58.1 Å². The van der Waals surface area contributed by atoms with E-state index in [2.05, 4.69) is 10.3 Å². The summed E-state index contributed by atoms with van der Waals surface area (Å²) in [5.41, 5.74) is 0.666. The number of rotatable bonds is 3. The first kappa shape index (κ1) is 13.8. The molecule has 0 radical (unpaired) electrons. The van der Waals surface area contributed by atoms with Crippen molar-refractivity contribution in [2.75, 3.05) is 5.32 Å². The Morgan fingerprint density at radius 2 is 2.11 bits per heavy atom. The first-order valence-electron chi connectivity index (χ1n) is 5.40. The van der Waals surface area contributed by atoms with Crippen molar-refractivity contribution in [2.24, 2.45) is 0 Å². The lowest BCUT2D eigenvalue weighted by Crippen LogP contribution is -2.15. The Hall–Kier alpha value is -1.65. The molecule has 0 bridgehead atoms. The Morgan fingerprint density at radius 3 is 2.79 bits per heavy atom. The van der Waals surface area contributed by atoms with Crippen LogP contribution in [0.5, 0.6) is 0 Å². The smallest absolute Gasteiger partial charge is 0.228 e. The molecule has 0 aliphatic carbocycles. The number of hydrogen-bond acceptors (Lipinski definition) is 2. The average molecular weight is 299 g/mol. The second-order valence-electron chi connectivity index (χ2n) is 3.79. The van der Waals surface area contributed by atoms with E-state index >= 15 is 0 Å². The van der Waals surface area contributed by atoms with Crippen molar-refractivity contribution in [3.8, 4) is 0 Å². The van der Waals surface area contributed by atoms with E-state index in [0.29, 0.717) is 5.69 Å². The minimum absolute atomic E-state index is 0.147. The minimum Gasteiger partial charge on any atom is -0.326 e. The standard InChI is InChI=1S/C13H9Cl2FN2O/c14-10-2-1-3-11(16)9(10)7-13(19)18-8-4-5-17-12(15)6-8/h1-6H,7H2,(H,17,18,19). The van der Waals surface area contributed by atoms with Gasteiger partial charge in [0.2, 0.25) is 5.91 Å². The zero-order valence-electron chi connectivity index (χ0n) is 9.66. The van der Waals surface area contributed by atoms with E-state index in [-0.39, 0.29) is 28.1 Å². The summed E-state index contributed by atoms with van der Waals surface area (Å²) in [7, 11) is 0. The molecule has 0 spiro atoms. The van der Waals surface area contributed by atoms with Crippen LogP contribution < -0.4 is 5.32 Å². The molecule has 0 saturated carbocycles. The molecular formula is C13H9Cl2FN2O. The lowest BCUT2D eigenvalue weighted by atomic mass is 10.1. The molecule has 1 N–H and O–H groups in total. The Balaban J connectivity index is 2.10. The number of nitrogens with zero attached hydrogens (tertiary/aromatic N) is 1. The Bertz CT molecular complexity index is 599. The zero-order chi connectivity index (χ0) is 13.8. The minimum atomic E-state index is -0.504. The second kappa shape index (κ2) is 5.99. The summed E-state index contributed by atoms with van der Waals surface area (Å²) < 4.78 is 13.5. The molecule has 0 unspecified atom stereocenters. The van der Waals surface area contributed by atoms with Gasteiger partial charge in [-0.05, 0) is 24.3 Å². The van der Waals surface area contributed by atoms with E-state index in [0.717, 1.165) is 0 Å². The maximum Gasteiger partial charge on any atom is 0.228 e. The van der Waals surface area contributed by atoms with Gasteiger partial charge in [-0.3, -0.25) is 4.79 Å². The van der Waals surface area contributed by atoms with Gasteiger partial charge in [-0.2, -0.15) is 0 Å².